The standard InChI is InChI=1S/C5H4N4O2/c1-3-4(11-2-7-3)5(10)8-9-6/h2H,1H3. The lowest BCUT2D eigenvalue weighted by molar-refractivity contribution is 0.0973. The molecule has 1 aromatic heterocycles. The molecule has 0 spiro atoms. The number of amides is 1. The maximum absolute atomic E-state index is 10.8. The molecule has 0 aliphatic carbocycles. The second kappa shape index (κ2) is 2.85. The van der Waals surface area contributed by atoms with Gasteiger partial charge in [-0.25, -0.2) is 4.98 Å². The number of aryl methyl sites for hydroxylation is 1. The van der Waals surface area contributed by atoms with Gasteiger partial charge in [0.25, 0.3) is 5.91 Å². The zero-order valence-corrected chi connectivity index (χ0v) is 5.68. The molecule has 0 N–H and O–H groups in total. The van der Waals surface area contributed by atoms with Gasteiger partial charge in [-0.1, -0.05) is 0 Å². The van der Waals surface area contributed by atoms with Gasteiger partial charge in [0, 0.05) is 4.91 Å². The first-order valence-electron chi connectivity index (χ1n) is 2.75. The highest BCUT2D eigenvalue weighted by atomic mass is 16.3. The molecule has 6 nitrogen and oxygen atoms in total. The highest BCUT2D eigenvalue weighted by Gasteiger charge is 2.10. The summed E-state index contributed by atoms with van der Waals surface area (Å²) in [6, 6.07) is 0. The van der Waals surface area contributed by atoms with Crippen LogP contribution < -0.4 is 0 Å². The Hall–Kier alpha value is -1.81. The topological polar surface area (TPSA) is 91.9 Å². The molecule has 11 heavy (non-hydrogen) atoms. The van der Waals surface area contributed by atoms with Gasteiger partial charge >= 0.3 is 0 Å². The molecule has 0 saturated heterocycles. The first-order valence-corrected chi connectivity index (χ1v) is 2.75. The molecular weight excluding hydrogens is 148 g/mol. The number of aromatic nitrogens is 1. The Morgan fingerprint density at radius 2 is 2.64 bits per heavy atom. The van der Waals surface area contributed by atoms with Gasteiger partial charge in [-0.2, -0.15) is 0 Å². The first-order chi connectivity index (χ1) is 5.25. The van der Waals surface area contributed by atoms with E-state index in [1.807, 2.05) is 0 Å². The predicted molar refractivity (Wildman–Crippen MR) is 34.7 cm³/mol. The SMILES string of the molecule is Cc1ncoc1C(=O)N=[N+]=[N-]. The van der Waals surface area contributed by atoms with E-state index in [1.54, 1.807) is 6.92 Å². The number of rotatable bonds is 1. The molecule has 1 amide bonds. The van der Waals surface area contributed by atoms with Crippen LogP contribution in [-0.4, -0.2) is 10.9 Å². The van der Waals surface area contributed by atoms with Crippen LogP contribution in [0.3, 0.4) is 0 Å². The van der Waals surface area contributed by atoms with Crippen LogP contribution in [0.5, 0.6) is 0 Å². The van der Waals surface area contributed by atoms with Gasteiger partial charge in [0.15, 0.2) is 12.2 Å². The van der Waals surface area contributed by atoms with Crippen LogP contribution in [0.15, 0.2) is 15.9 Å². The second-order valence-corrected chi connectivity index (χ2v) is 1.76. The van der Waals surface area contributed by atoms with E-state index in [2.05, 4.69) is 19.4 Å². The van der Waals surface area contributed by atoms with Gasteiger partial charge in [-0.3, -0.25) is 4.79 Å². The van der Waals surface area contributed by atoms with Crippen LogP contribution in [0.4, 0.5) is 0 Å². The predicted octanol–water partition coefficient (Wildman–Crippen LogP) is 1.43. The first kappa shape index (κ1) is 7.30. The molecule has 0 aliphatic rings. The highest BCUT2D eigenvalue weighted by Crippen LogP contribution is 2.05. The Morgan fingerprint density at radius 1 is 1.91 bits per heavy atom. The van der Waals surface area contributed by atoms with Crippen molar-refractivity contribution >= 4 is 5.91 Å². The van der Waals surface area contributed by atoms with Gasteiger partial charge in [0.05, 0.1) is 5.69 Å². The Labute approximate surface area is 61.5 Å². The molecule has 0 saturated carbocycles. The van der Waals surface area contributed by atoms with E-state index in [0.717, 1.165) is 6.39 Å². The Kier molecular flexibility index (Phi) is 1.89. The lowest BCUT2D eigenvalue weighted by atomic mass is 10.4. The summed E-state index contributed by atoms with van der Waals surface area (Å²) in [7, 11) is 0. The van der Waals surface area contributed by atoms with E-state index in [0.29, 0.717) is 5.69 Å². The fraction of sp³-hybridized carbons (Fsp3) is 0.200. The lowest BCUT2D eigenvalue weighted by Crippen LogP contribution is -1.92. The van der Waals surface area contributed by atoms with E-state index < -0.39 is 5.91 Å². The third-order valence-corrected chi connectivity index (χ3v) is 1.08. The average molecular weight is 152 g/mol. The van der Waals surface area contributed by atoms with Crippen molar-refractivity contribution < 1.29 is 9.21 Å². The molecule has 0 aliphatic heterocycles. The molecule has 1 aromatic rings. The maximum atomic E-state index is 10.8. The van der Waals surface area contributed by atoms with Crippen LogP contribution in [0, 0.1) is 6.92 Å². The Morgan fingerprint density at radius 3 is 3.09 bits per heavy atom. The van der Waals surface area contributed by atoms with Crippen molar-refractivity contribution in [3.63, 3.8) is 0 Å². The van der Waals surface area contributed by atoms with Crippen molar-refractivity contribution in [2.45, 2.75) is 6.92 Å². The van der Waals surface area contributed by atoms with Crippen molar-refractivity contribution in [1.82, 2.24) is 4.98 Å². The van der Waals surface area contributed by atoms with Gasteiger partial charge < -0.3 is 4.42 Å². The third kappa shape index (κ3) is 1.36. The number of hydrogen-bond donors (Lipinski definition) is 0. The largest absolute Gasteiger partial charge is 0.440 e. The number of carbonyl (C=O) groups excluding carboxylic acids is 1. The summed E-state index contributed by atoms with van der Waals surface area (Å²) >= 11 is 0. The van der Waals surface area contributed by atoms with Crippen LogP contribution in [0.1, 0.15) is 16.2 Å². The van der Waals surface area contributed by atoms with E-state index in [4.69, 9.17) is 5.53 Å². The quantitative estimate of drug-likeness (QED) is 0.346. The summed E-state index contributed by atoms with van der Waals surface area (Å²) in [6.45, 7) is 1.59. The number of hydrogen-bond acceptors (Lipinski definition) is 3. The monoisotopic (exact) mass is 152 g/mol. The van der Waals surface area contributed by atoms with Gasteiger partial charge in [0.1, 0.15) is 0 Å². The number of carbonyl (C=O) groups is 1. The normalized spacial score (nSPS) is 8.82. The summed E-state index contributed by atoms with van der Waals surface area (Å²) in [4.78, 5) is 16.7. The lowest BCUT2D eigenvalue weighted by Gasteiger charge is -1.84. The maximum Gasteiger partial charge on any atom is 0.286 e. The minimum Gasteiger partial charge on any atom is -0.440 e. The van der Waals surface area contributed by atoms with E-state index in [-0.39, 0.29) is 5.76 Å². The number of oxazole rings is 1. The fourth-order valence-electron chi connectivity index (χ4n) is 0.593. The van der Waals surface area contributed by atoms with Crippen LogP contribution >= 0.6 is 0 Å². The van der Waals surface area contributed by atoms with Crippen molar-refractivity contribution in [3.05, 3.63) is 28.3 Å². The third-order valence-electron chi connectivity index (χ3n) is 1.08. The number of nitrogens with zero attached hydrogens (tertiary/aromatic N) is 4. The molecule has 0 radical (unpaired) electrons. The van der Waals surface area contributed by atoms with Gasteiger partial charge in [-0.15, -0.1) is 0 Å². The zero-order chi connectivity index (χ0) is 8.27. The minimum atomic E-state index is -0.748. The summed E-state index contributed by atoms with van der Waals surface area (Å²) in [5.41, 5.74) is 8.32. The number of azide groups is 1. The zero-order valence-electron chi connectivity index (χ0n) is 5.68. The van der Waals surface area contributed by atoms with Gasteiger partial charge in [-0.05, 0) is 17.6 Å². The van der Waals surface area contributed by atoms with Crippen molar-refractivity contribution in [1.29, 1.82) is 0 Å². The van der Waals surface area contributed by atoms with Crippen LogP contribution in [0.25, 0.3) is 10.4 Å². The van der Waals surface area contributed by atoms with Crippen LogP contribution in [0.2, 0.25) is 0 Å². The molecule has 0 atom stereocenters. The Bertz CT molecular complexity index is 323. The molecule has 1 heterocycles. The van der Waals surface area contributed by atoms with Crippen molar-refractivity contribution in [2.75, 3.05) is 0 Å². The molecule has 56 valence electrons. The van der Waals surface area contributed by atoms with E-state index in [9.17, 15) is 4.79 Å². The smallest absolute Gasteiger partial charge is 0.286 e. The molecule has 6 heteroatoms. The molecule has 0 fully saturated rings. The second-order valence-electron chi connectivity index (χ2n) is 1.76. The summed E-state index contributed by atoms with van der Waals surface area (Å²) in [5, 5.41) is 2.84. The minimum absolute atomic E-state index is 0.0113. The fourth-order valence-corrected chi connectivity index (χ4v) is 0.593. The van der Waals surface area contributed by atoms with Crippen molar-refractivity contribution in [2.24, 2.45) is 5.11 Å². The summed E-state index contributed by atoms with van der Waals surface area (Å²) in [5.74, 6) is -0.759. The molecule has 1 rings (SSSR count). The average Bonchev–Trinajstić information content (AvgIpc) is 2.36. The Balaban J connectivity index is 3.02. The van der Waals surface area contributed by atoms with Crippen molar-refractivity contribution in [3.8, 4) is 0 Å². The highest BCUT2D eigenvalue weighted by molar-refractivity contribution is 5.92. The van der Waals surface area contributed by atoms with E-state index in [1.165, 1.54) is 0 Å². The molecule has 0 aromatic carbocycles. The van der Waals surface area contributed by atoms with Gasteiger partial charge in [0.2, 0.25) is 0 Å². The summed E-state index contributed by atoms with van der Waals surface area (Å²) < 4.78 is 4.65. The van der Waals surface area contributed by atoms with E-state index >= 15 is 0 Å². The molecular formula is C5H4N4O2. The van der Waals surface area contributed by atoms with Crippen LogP contribution in [-0.2, 0) is 0 Å². The summed E-state index contributed by atoms with van der Waals surface area (Å²) in [6.07, 6.45) is 1.12. The molecule has 0 bridgehead atoms. The molecule has 0 unspecified atom stereocenters.